The van der Waals surface area contributed by atoms with Gasteiger partial charge in [0, 0.05) is 12.8 Å². The summed E-state index contributed by atoms with van der Waals surface area (Å²) in [5.74, 6) is -1.98. The Bertz CT molecular complexity index is 1990. The van der Waals surface area contributed by atoms with Crippen molar-refractivity contribution in [3.8, 4) is 0 Å². The van der Waals surface area contributed by atoms with Crippen LogP contribution in [0.15, 0.2) is 97.2 Å². The average molecular weight is 1410 g/mol. The van der Waals surface area contributed by atoms with Crippen LogP contribution in [-0.2, 0) is 33.3 Å². The molecular weight excluding hydrogens is 1250 g/mol. The normalized spacial score (nSPS) is 13.1. The van der Waals surface area contributed by atoms with E-state index in [0.717, 1.165) is 89.9 Å². The van der Waals surface area contributed by atoms with Gasteiger partial charge < -0.3 is 28.5 Å². The molecule has 0 spiro atoms. The van der Waals surface area contributed by atoms with Crippen molar-refractivity contribution in [1.29, 1.82) is 0 Å². The summed E-state index contributed by atoms with van der Waals surface area (Å²) in [7, 11) is 5.99. The first-order chi connectivity index (χ1) is 49.6. The summed E-state index contributed by atoms with van der Waals surface area (Å²) in [6.07, 6.45) is 112. The zero-order chi connectivity index (χ0) is 73.2. The lowest BCUT2D eigenvalue weighted by molar-refractivity contribution is -0.870. The van der Waals surface area contributed by atoms with E-state index in [1.807, 2.05) is 21.1 Å². The van der Waals surface area contributed by atoms with Gasteiger partial charge in [0.15, 0.2) is 6.10 Å². The Morgan fingerprint density at radius 3 is 0.842 bits per heavy atom. The molecule has 9 nitrogen and oxygen atoms in total. The van der Waals surface area contributed by atoms with E-state index in [-0.39, 0.29) is 32.2 Å². The Morgan fingerprint density at radius 1 is 0.307 bits per heavy atom. The first-order valence-corrected chi connectivity index (χ1v) is 43.4. The van der Waals surface area contributed by atoms with Gasteiger partial charge in [0.05, 0.1) is 34.4 Å². The fourth-order valence-electron chi connectivity index (χ4n) is 12.8. The number of aliphatic carboxylic acids is 1. The van der Waals surface area contributed by atoms with Crippen LogP contribution in [0.5, 0.6) is 0 Å². The maximum atomic E-state index is 13.0. The average Bonchev–Trinajstić information content (AvgIpc) is 1.21. The highest BCUT2D eigenvalue weighted by atomic mass is 16.7. The molecule has 1 N–H and O–H groups in total. The predicted molar refractivity (Wildman–Crippen MR) is 438 cm³/mol. The van der Waals surface area contributed by atoms with E-state index in [1.165, 1.54) is 295 Å². The van der Waals surface area contributed by atoms with Gasteiger partial charge in [0.25, 0.3) is 6.29 Å². The summed E-state index contributed by atoms with van der Waals surface area (Å²) in [4.78, 5) is 37.8. The second-order valence-corrected chi connectivity index (χ2v) is 30.5. The topological polar surface area (TPSA) is 108 Å². The Morgan fingerprint density at radius 2 is 0.564 bits per heavy atom. The van der Waals surface area contributed by atoms with Crippen LogP contribution < -0.4 is 0 Å². The standard InChI is InChI=1S/C92H165NO8/c1-6-8-10-12-14-16-18-20-22-24-26-28-30-32-34-36-38-40-42-44-45-47-49-51-53-55-57-59-61-63-65-67-69-71-73-75-77-79-81-83-90(95)101-88(87-100-92(91(96)97)98-85-84-93(3,4)5)86-99-89(94)82-80-78-76-74-72-70-68-66-64-62-60-58-56-54-52-50-48-46-43-41-39-37-35-33-31-29-27-25-23-21-19-17-15-13-11-9-7-2/h8,10,14,16,20,22,26,28,32,34,38,40,44-45,49,51,88,92H,6-7,9,11-13,15,17-19,21,23-25,27,29-31,33,35-37,39,41-43,46-48,50,52-87H2,1-5H3/p+1/b10-8-,16-14-,22-20-,28-26-,34-32-,40-38-,45-44-,51-49-. The number of esters is 2. The largest absolute Gasteiger partial charge is 0.477 e. The molecule has 0 saturated heterocycles. The summed E-state index contributed by atoms with van der Waals surface area (Å²) < 4.78 is 23.1. The number of carboxylic acids is 1. The molecule has 0 radical (unpaired) electrons. The Balaban J connectivity index is 3.97. The summed E-state index contributed by atoms with van der Waals surface area (Å²) in [5.41, 5.74) is 0. The van der Waals surface area contributed by atoms with Crippen LogP contribution in [0.2, 0.25) is 0 Å². The zero-order valence-corrected chi connectivity index (χ0v) is 67.3. The fraction of sp³-hybridized carbons (Fsp3) is 0.793. The number of likely N-dealkylation sites (N-methyl/N-ethyl adjacent to an activating group) is 1. The highest BCUT2D eigenvalue weighted by Crippen LogP contribution is 2.20. The van der Waals surface area contributed by atoms with E-state index < -0.39 is 24.3 Å². The molecule has 0 aromatic rings. The molecule has 0 aliphatic carbocycles. The smallest absolute Gasteiger partial charge is 0.361 e. The number of rotatable bonds is 81. The van der Waals surface area contributed by atoms with Crippen molar-refractivity contribution in [3.05, 3.63) is 97.2 Å². The van der Waals surface area contributed by atoms with E-state index >= 15 is 0 Å². The lowest BCUT2D eigenvalue weighted by Crippen LogP contribution is -2.40. The highest BCUT2D eigenvalue weighted by Gasteiger charge is 2.25. The number of allylic oxidation sites excluding steroid dienone is 16. The number of hydrogen-bond acceptors (Lipinski definition) is 7. The van der Waals surface area contributed by atoms with Gasteiger partial charge in [-0.3, -0.25) is 9.59 Å². The first-order valence-electron chi connectivity index (χ1n) is 43.4. The highest BCUT2D eigenvalue weighted by molar-refractivity contribution is 5.71. The van der Waals surface area contributed by atoms with Gasteiger partial charge in [-0.1, -0.05) is 419 Å². The van der Waals surface area contributed by atoms with E-state index in [1.54, 1.807) is 0 Å². The monoisotopic (exact) mass is 1410 g/mol. The number of carboxylic acid groups (broad SMARTS) is 1. The number of quaternary nitrogens is 1. The van der Waals surface area contributed by atoms with Gasteiger partial charge in [-0.25, -0.2) is 4.79 Å². The summed E-state index contributed by atoms with van der Waals surface area (Å²) >= 11 is 0. The number of carbonyl (C=O) groups is 3. The number of hydrogen-bond donors (Lipinski definition) is 1. The molecule has 0 rings (SSSR count). The molecule has 0 aliphatic heterocycles. The number of nitrogens with zero attached hydrogens (tertiary/aromatic N) is 1. The Kier molecular flexibility index (Phi) is 78.8. The molecular formula is C92H166NO8+. The molecule has 9 heteroatoms. The Labute approximate surface area is 626 Å². The second kappa shape index (κ2) is 81.9. The minimum absolute atomic E-state index is 0.180. The van der Waals surface area contributed by atoms with Gasteiger partial charge in [0.2, 0.25) is 0 Å². The van der Waals surface area contributed by atoms with Crippen LogP contribution in [0.4, 0.5) is 0 Å². The minimum atomic E-state index is -1.51. The lowest BCUT2D eigenvalue weighted by Gasteiger charge is -2.25. The second-order valence-electron chi connectivity index (χ2n) is 30.5. The van der Waals surface area contributed by atoms with Crippen molar-refractivity contribution < 1.29 is 42.9 Å². The molecule has 2 unspecified atom stereocenters. The van der Waals surface area contributed by atoms with Gasteiger partial charge in [-0.15, -0.1) is 0 Å². The molecule has 2 atom stereocenters. The van der Waals surface area contributed by atoms with E-state index in [0.29, 0.717) is 17.4 Å². The third kappa shape index (κ3) is 83.4. The third-order valence-corrected chi connectivity index (χ3v) is 19.4. The van der Waals surface area contributed by atoms with Crippen LogP contribution in [0.25, 0.3) is 0 Å². The molecule has 0 heterocycles. The Hall–Kier alpha value is -3.79. The van der Waals surface area contributed by atoms with Crippen molar-refractivity contribution in [2.75, 3.05) is 47.5 Å². The number of ether oxygens (including phenoxy) is 4. The van der Waals surface area contributed by atoms with Gasteiger partial charge in [-0.2, -0.15) is 0 Å². The predicted octanol–water partition coefficient (Wildman–Crippen LogP) is 28.3. The van der Waals surface area contributed by atoms with Crippen molar-refractivity contribution in [2.24, 2.45) is 0 Å². The van der Waals surface area contributed by atoms with Crippen LogP contribution >= 0.6 is 0 Å². The molecule has 101 heavy (non-hydrogen) atoms. The summed E-state index contributed by atoms with van der Waals surface area (Å²) in [6.45, 7) is 4.82. The summed E-state index contributed by atoms with van der Waals surface area (Å²) in [6, 6.07) is 0. The van der Waals surface area contributed by atoms with Crippen LogP contribution in [0.3, 0.4) is 0 Å². The maximum Gasteiger partial charge on any atom is 0.361 e. The van der Waals surface area contributed by atoms with Crippen molar-refractivity contribution in [3.63, 3.8) is 0 Å². The van der Waals surface area contributed by atoms with E-state index in [2.05, 4.69) is 111 Å². The molecule has 0 saturated carbocycles. The lowest BCUT2D eigenvalue weighted by atomic mass is 10.0. The van der Waals surface area contributed by atoms with Gasteiger partial charge >= 0.3 is 17.9 Å². The molecule has 0 aromatic heterocycles. The van der Waals surface area contributed by atoms with E-state index in [9.17, 15) is 19.5 Å². The van der Waals surface area contributed by atoms with Crippen LogP contribution in [0.1, 0.15) is 412 Å². The van der Waals surface area contributed by atoms with Gasteiger partial charge in [-0.05, 0) is 77.0 Å². The number of unbranched alkanes of at least 4 members (excludes halogenated alkanes) is 50. The minimum Gasteiger partial charge on any atom is -0.477 e. The van der Waals surface area contributed by atoms with Crippen LogP contribution in [-0.4, -0.2) is 87.4 Å². The van der Waals surface area contributed by atoms with Crippen LogP contribution in [0, 0.1) is 0 Å². The van der Waals surface area contributed by atoms with Crippen molar-refractivity contribution in [2.45, 2.75) is 424 Å². The zero-order valence-electron chi connectivity index (χ0n) is 67.3. The first kappa shape index (κ1) is 97.2. The molecule has 0 aromatic carbocycles. The van der Waals surface area contributed by atoms with Gasteiger partial charge in [0.1, 0.15) is 13.2 Å². The number of carbonyl (C=O) groups excluding carboxylic acids is 2. The molecule has 0 bridgehead atoms. The fourth-order valence-corrected chi connectivity index (χ4v) is 12.8. The molecule has 0 aliphatic rings. The SMILES string of the molecule is CC/C=C\C/C=C\C/C=C\C/C=C\C/C=C\C/C=C\C/C=C\C/C=C\CCCCCCCCCCCCCCCCC(=O)OC(COC(=O)CCCCCCCCCCCCCCCCCCCCCCCCCCCCCCCCCCCCCCC)COC(OCC[N+](C)(C)C)C(=O)O. The molecule has 0 fully saturated rings. The van der Waals surface area contributed by atoms with Crippen molar-refractivity contribution in [1.82, 2.24) is 0 Å². The maximum absolute atomic E-state index is 13.0. The quantitative estimate of drug-likeness (QED) is 0.0211. The van der Waals surface area contributed by atoms with Crippen molar-refractivity contribution >= 4 is 17.9 Å². The third-order valence-electron chi connectivity index (χ3n) is 19.4. The van der Waals surface area contributed by atoms with E-state index in [4.69, 9.17) is 18.9 Å². The molecule has 0 amide bonds. The molecule has 586 valence electrons. The summed E-state index contributed by atoms with van der Waals surface area (Å²) in [5, 5.41) is 9.79.